The molecule has 0 saturated heterocycles. The van der Waals surface area contributed by atoms with Crippen LogP contribution in [-0.4, -0.2) is 26.2 Å². The van der Waals surface area contributed by atoms with Crippen molar-refractivity contribution in [3.05, 3.63) is 65.5 Å². The van der Waals surface area contributed by atoms with Gasteiger partial charge in [-0.1, -0.05) is 42.0 Å². The van der Waals surface area contributed by atoms with Crippen LogP contribution in [0.4, 0.5) is 14.9 Å². The monoisotopic (exact) mass is 329 g/mol. The van der Waals surface area contributed by atoms with Gasteiger partial charge in [0.25, 0.3) is 0 Å². The van der Waals surface area contributed by atoms with Crippen LogP contribution in [0.5, 0.6) is 0 Å². The number of nitrogens with one attached hydrogen (secondary N) is 2. The standard InChI is InChI=1S/C19H24FN3O/c1-15-8-10-16(11-9-15)14-22-19(24)21-12-5-13-23(2)18-7-4-3-6-17(18)20/h3-4,6-11H,5,12-14H2,1-2H3,(H2,21,22,24). The third-order valence-electron chi connectivity index (χ3n) is 3.79. The number of urea groups is 1. The minimum Gasteiger partial charge on any atom is -0.372 e. The number of nitrogens with zero attached hydrogens (tertiary/aromatic N) is 1. The summed E-state index contributed by atoms with van der Waals surface area (Å²) in [6.45, 7) is 3.74. The summed E-state index contributed by atoms with van der Waals surface area (Å²) < 4.78 is 13.6. The Hall–Kier alpha value is -2.56. The number of amides is 2. The Kier molecular flexibility index (Phi) is 6.61. The van der Waals surface area contributed by atoms with Crippen LogP contribution in [0.15, 0.2) is 48.5 Å². The largest absolute Gasteiger partial charge is 0.372 e. The highest BCUT2D eigenvalue weighted by atomic mass is 19.1. The molecule has 0 fully saturated rings. The van der Waals surface area contributed by atoms with Crippen LogP contribution in [0, 0.1) is 12.7 Å². The quantitative estimate of drug-likeness (QED) is 0.764. The maximum absolute atomic E-state index is 13.6. The van der Waals surface area contributed by atoms with Gasteiger partial charge in [-0.2, -0.15) is 0 Å². The smallest absolute Gasteiger partial charge is 0.315 e. The van der Waals surface area contributed by atoms with Crippen LogP contribution >= 0.6 is 0 Å². The summed E-state index contributed by atoms with van der Waals surface area (Å²) >= 11 is 0. The lowest BCUT2D eigenvalue weighted by atomic mass is 10.1. The van der Waals surface area contributed by atoms with E-state index in [2.05, 4.69) is 10.6 Å². The van der Waals surface area contributed by atoms with Crippen molar-refractivity contribution in [2.45, 2.75) is 19.9 Å². The van der Waals surface area contributed by atoms with E-state index in [4.69, 9.17) is 0 Å². The van der Waals surface area contributed by atoms with E-state index in [1.807, 2.05) is 49.2 Å². The van der Waals surface area contributed by atoms with Gasteiger partial charge < -0.3 is 15.5 Å². The maximum atomic E-state index is 13.6. The molecule has 2 N–H and O–H groups in total. The van der Waals surface area contributed by atoms with Crippen molar-refractivity contribution >= 4 is 11.7 Å². The highest BCUT2D eigenvalue weighted by molar-refractivity contribution is 5.73. The third kappa shape index (κ3) is 5.57. The topological polar surface area (TPSA) is 44.4 Å². The first-order valence-electron chi connectivity index (χ1n) is 8.09. The van der Waals surface area contributed by atoms with Gasteiger partial charge in [0, 0.05) is 26.7 Å². The van der Waals surface area contributed by atoms with Crippen molar-refractivity contribution in [1.82, 2.24) is 10.6 Å². The van der Waals surface area contributed by atoms with Crippen LogP contribution in [0.2, 0.25) is 0 Å². The van der Waals surface area contributed by atoms with E-state index in [9.17, 15) is 9.18 Å². The molecule has 2 aromatic carbocycles. The fraction of sp³-hybridized carbons (Fsp3) is 0.316. The molecule has 0 bridgehead atoms. The molecule has 2 rings (SSSR count). The van der Waals surface area contributed by atoms with Gasteiger partial charge in [0.2, 0.25) is 0 Å². The maximum Gasteiger partial charge on any atom is 0.315 e. The predicted molar refractivity (Wildman–Crippen MR) is 95.7 cm³/mol. The average Bonchev–Trinajstić information content (AvgIpc) is 2.58. The number of hydrogen-bond donors (Lipinski definition) is 2. The SMILES string of the molecule is Cc1ccc(CNC(=O)NCCCN(C)c2ccccc2F)cc1. The summed E-state index contributed by atoms with van der Waals surface area (Å²) in [4.78, 5) is 13.6. The molecule has 0 aliphatic rings. The molecule has 0 radical (unpaired) electrons. The lowest BCUT2D eigenvalue weighted by Crippen LogP contribution is -2.36. The molecule has 24 heavy (non-hydrogen) atoms. The molecule has 0 atom stereocenters. The van der Waals surface area contributed by atoms with Crippen molar-refractivity contribution in [3.63, 3.8) is 0 Å². The molecule has 2 aromatic rings. The molecule has 4 nitrogen and oxygen atoms in total. The Bertz CT molecular complexity index is 658. The van der Waals surface area contributed by atoms with E-state index in [0.717, 1.165) is 12.0 Å². The zero-order valence-corrected chi connectivity index (χ0v) is 14.2. The van der Waals surface area contributed by atoms with Gasteiger partial charge in [0.15, 0.2) is 0 Å². The number of carbonyl (C=O) groups is 1. The molecule has 0 saturated carbocycles. The minimum atomic E-state index is -0.233. The van der Waals surface area contributed by atoms with Crippen molar-refractivity contribution in [2.75, 3.05) is 25.0 Å². The van der Waals surface area contributed by atoms with Crippen LogP contribution in [0.1, 0.15) is 17.5 Å². The molecule has 0 aliphatic carbocycles. The average molecular weight is 329 g/mol. The fourth-order valence-electron chi connectivity index (χ4n) is 2.35. The van der Waals surface area contributed by atoms with Crippen molar-refractivity contribution < 1.29 is 9.18 Å². The number of rotatable bonds is 7. The highest BCUT2D eigenvalue weighted by Gasteiger charge is 2.06. The molecular weight excluding hydrogens is 305 g/mol. The third-order valence-corrected chi connectivity index (χ3v) is 3.79. The normalized spacial score (nSPS) is 10.3. The summed E-state index contributed by atoms with van der Waals surface area (Å²) in [5.74, 6) is -0.233. The number of para-hydroxylation sites is 1. The van der Waals surface area contributed by atoms with Crippen LogP contribution in [-0.2, 0) is 6.54 Å². The second-order valence-corrected chi connectivity index (χ2v) is 5.82. The first kappa shape index (κ1) is 17.8. The number of anilines is 1. The summed E-state index contributed by atoms with van der Waals surface area (Å²) in [6.07, 6.45) is 0.739. The minimum absolute atomic E-state index is 0.191. The van der Waals surface area contributed by atoms with E-state index < -0.39 is 0 Å². The number of carbonyl (C=O) groups excluding carboxylic acids is 1. The Morgan fingerprint density at radius 3 is 2.50 bits per heavy atom. The zero-order valence-electron chi connectivity index (χ0n) is 14.2. The molecule has 0 unspecified atom stereocenters. The van der Waals surface area contributed by atoms with Crippen LogP contribution in [0.3, 0.4) is 0 Å². The van der Waals surface area contributed by atoms with E-state index in [0.29, 0.717) is 25.3 Å². The Morgan fingerprint density at radius 1 is 1.08 bits per heavy atom. The first-order valence-corrected chi connectivity index (χ1v) is 8.09. The lowest BCUT2D eigenvalue weighted by Gasteiger charge is -2.19. The van der Waals surface area contributed by atoms with Crippen LogP contribution in [0.25, 0.3) is 0 Å². The molecule has 0 heterocycles. The highest BCUT2D eigenvalue weighted by Crippen LogP contribution is 2.16. The van der Waals surface area contributed by atoms with Crippen molar-refractivity contribution in [3.8, 4) is 0 Å². The van der Waals surface area contributed by atoms with Crippen LogP contribution < -0.4 is 15.5 Å². The number of hydrogen-bond acceptors (Lipinski definition) is 2. The first-order chi connectivity index (χ1) is 11.6. The molecule has 0 spiro atoms. The zero-order chi connectivity index (χ0) is 17.4. The second kappa shape index (κ2) is 8.91. The summed E-state index contributed by atoms with van der Waals surface area (Å²) in [7, 11) is 1.84. The molecule has 2 amide bonds. The van der Waals surface area contributed by atoms with E-state index in [-0.39, 0.29) is 11.8 Å². The fourth-order valence-corrected chi connectivity index (χ4v) is 2.35. The summed E-state index contributed by atoms with van der Waals surface area (Å²) in [5.41, 5.74) is 2.83. The summed E-state index contributed by atoms with van der Waals surface area (Å²) in [6, 6.07) is 14.5. The van der Waals surface area contributed by atoms with E-state index in [1.54, 1.807) is 12.1 Å². The van der Waals surface area contributed by atoms with Gasteiger partial charge in [0.1, 0.15) is 5.82 Å². The summed E-state index contributed by atoms with van der Waals surface area (Å²) in [5, 5.41) is 5.64. The van der Waals surface area contributed by atoms with E-state index >= 15 is 0 Å². The van der Waals surface area contributed by atoms with Crippen molar-refractivity contribution in [2.24, 2.45) is 0 Å². The van der Waals surface area contributed by atoms with Gasteiger partial charge in [-0.3, -0.25) is 0 Å². The van der Waals surface area contributed by atoms with Crippen molar-refractivity contribution in [1.29, 1.82) is 0 Å². The van der Waals surface area contributed by atoms with E-state index in [1.165, 1.54) is 11.6 Å². The van der Waals surface area contributed by atoms with Gasteiger partial charge >= 0.3 is 6.03 Å². The van der Waals surface area contributed by atoms with Gasteiger partial charge in [-0.25, -0.2) is 9.18 Å². The number of benzene rings is 2. The lowest BCUT2D eigenvalue weighted by molar-refractivity contribution is 0.240. The molecular formula is C19H24FN3O. The second-order valence-electron chi connectivity index (χ2n) is 5.82. The Balaban J connectivity index is 1.64. The Labute approximate surface area is 142 Å². The van der Waals surface area contributed by atoms with Gasteiger partial charge in [-0.05, 0) is 31.0 Å². The van der Waals surface area contributed by atoms with Gasteiger partial charge in [0.05, 0.1) is 5.69 Å². The van der Waals surface area contributed by atoms with Gasteiger partial charge in [-0.15, -0.1) is 0 Å². The predicted octanol–water partition coefficient (Wildman–Crippen LogP) is 3.46. The molecule has 128 valence electrons. The number of aryl methyl sites for hydroxylation is 1. The molecule has 0 aromatic heterocycles. The molecule has 0 aliphatic heterocycles. The number of halogens is 1. The Morgan fingerprint density at radius 2 is 1.79 bits per heavy atom. The molecule has 5 heteroatoms.